The first-order valence-corrected chi connectivity index (χ1v) is 7.04. The minimum Gasteiger partial charge on any atom is -0.384 e. The van der Waals surface area contributed by atoms with Crippen LogP contribution in [0.15, 0.2) is 29.2 Å². The number of hydrogen-bond donors (Lipinski definition) is 2. The summed E-state index contributed by atoms with van der Waals surface area (Å²) in [5, 5.41) is 2.66. The summed E-state index contributed by atoms with van der Waals surface area (Å²) >= 11 is 0. The van der Waals surface area contributed by atoms with Crippen molar-refractivity contribution in [1.29, 1.82) is 0 Å². The molecule has 0 fully saturated rings. The Hall–Kier alpha value is -1.28. The minimum atomic E-state index is -5.35. The number of alkyl halides is 3. The third-order valence-electron chi connectivity index (χ3n) is 2.40. The molecule has 0 aliphatic carbocycles. The Balaban J connectivity index is 3.03. The Kier molecular flexibility index (Phi) is 4.81. The number of para-hydroxylation sites is 1. The number of sulfone groups is 1. The van der Waals surface area contributed by atoms with E-state index in [0.717, 1.165) is 6.07 Å². The van der Waals surface area contributed by atoms with Crippen molar-refractivity contribution in [2.24, 2.45) is 5.73 Å². The maximum absolute atomic E-state index is 12.5. The highest BCUT2D eigenvalue weighted by molar-refractivity contribution is 7.92. The molecule has 108 valence electrons. The summed E-state index contributed by atoms with van der Waals surface area (Å²) in [6.45, 7) is 2.04. The zero-order valence-corrected chi connectivity index (χ0v) is 11.1. The Morgan fingerprint density at radius 3 is 2.42 bits per heavy atom. The summed E-state index contributed by atoms with van der Waals surface area (Å²) in [6, 6.07) is 4.80. The van der Waals surface area contributed by atoms with Gasteiger partial charge in [-0.2, -0.15) is 13.2 Å². The fourth-order valence-corrected chi connectivity index (χ4v) is 2.34. The lowest BCUT2D eigenvalue weighted by Crippen LogP contribution is -2.25. The molecule has 0 saturated carbocycles. The Morgan fingerprint density at radius 1 is 1.32 bits per heavy atom. The first-order valence-electron chi connectivity index (χ1n) is 5.56. The third-order valence-corrected chi connectivity index (χ3v) is 3.94. The first-order chi connectivity index (χ1) is 8.66. The van der Waals surface area contributed by atoms with Gasteiger partial charge >= 0.3 is 5.51 Å². The van der Waals surface area contributed by atoms with Crippen molar-refractivity contribution < 1.29 is 21.6 Å². The van der Waals surface area contributed by atoms with Crippen LogP contribution >= 0.6 is 0 Å². The average Bonchev–Trinajstić information content (AvgIpc) is 2.27. The van der Waals surface area contributed by atoms with Gasteiger partial charge in [0.2, 0.25) is 0 Å². The zero-order valence-electron chi connectivity index (χ0n) is 10.2. The minimum absolute atomic E-state index is 0.0690. The molecule has 1 rings (SSSR count). The molecule has 0 saturated heterocycles. The lowest BCUT2D eigenvalue weighted by molar-refractivity contribution is -0.0435. The second kappa shape index (κ2) is 5.79. The van der Waals surface area contributed by atoms with E-state index < -0.39 is 20.2 Å². The van der Waals surface area contributed by atoms with Crippen LogP contribution in [0.1, 0.15) is 13.3 Å². The quantitative estimate of drug-likeness (QED) is 0.873. The van der Waals surface area contributed by atoms with Crippen LogP contribution < -0.4 is 11.1 Å². The molecule has 0 heterocycles. The van der Waals surface area contributed by atoms with E-state index >= 15 is 0 Å². The molecule has 3 N–H and O–H groups in total. The highest BCUT2D eigenvalue weighted by Gasteiger charge is 2.47. The van der Waals surface area contributed by atoms with Crippen molar-refractivity contribution >= 4 is 15.5 Å². The molecule has 1 aromatic carbocycles. The van der Waals surface area contributed by atoms with Gasteiger partial charge in [-0.1, -0.05) is 12.1 Å². The van der Waals surface area contributed by atoms with E-state index in [1.54, 1.807) is 6.92 Å². The van der Waals surface area contributed by atoms with Gasteiger partial charge in [0, 0.05) is 12.6 Å². The molecule has 19 heavy (non-hydrogen) atoms. The van der Waals surface area contributed by atoms with Crippen molar-refractivity contribution in [3.8, 4) is 0 Å². The van der Waals surface area contributed by atoms with Crippen LogP contribution in [0.2, 0.25) is 0 Å². The fraction of sp³-hybridized carbons (Fsp3) is 0.455. The number of benzene rings is 1. The second-order valence-corrected chi connectivity index (χ2v) is 6.05. The summed E-state index contributed by atoms with van der Waals surface area (Å²) in [5.74, 6) is 0. The second-order valence-electron chi connectivity index (χ2n) is 4.14. The van der Waals surface area contributed by atoms with E-state index in [1.165, 1.54) is 18.2 Å². The highest BCUT2D eigenvalue weighted by atomic mass is 32.2. The smallest absolute Gasteiger partial charge is 0.384 e. The van der Waals surface area contributed by atoms with Gasteiger partial charge in [0.15, 0.2) is 0 Å². The molecule has 1 unspecified atom stereocenters. The van der Waals surface area contributed by atoms with Gasteiger partial charge in [-0.3, -0.25) is 0 Å². The molecule has 0 bridgehead atoms. The lowest BCUT2D eigenvalue weighted by Gasteiger charge is -2.14. The van der Waals surface area contributed by atoms with Crippen LogP contribution in [0.3, 0.4) is 0 Å². The molecule has 4 nitrogen and oxygen atoms in total. The Morgan fingerprint density at radius 2 is 1.89 bits per heavy atom. The highest BCUT2D eigenvalue weighted by Crippen LogP contribution is 2.34. The summed E-state index contributed by atoms with van der Waals surface area (Å²) in [7, 11) is -5.35. The summed E-state index contributed by atoms with van der Waals surface area (Å²) < 4.78 is 60.3. The normalized spacial score (nSPS) is 14.2. The van der Waals surface area contributed by atoms with E-state index in [0.29, 0.717) is 13.0 Å². The van der Waals surface area contributed by atoms with Gasteiger partial charge in [0.25, 0.3) is 9.84 Å². The third kappa shape index (κ3) is 3.84. The van der Waals surface area contributed by atoms with Gasteiger partial charge in [-0.15, -0.1) is 0 Å². The number of halogens is 3. The fourth-order valence-electron chi connectivity index (χ4n) is 1.41. The molecular formula is C11H15F3N2O2S. The number of anilines is 1. The van der Waals surface area contributed by atoms with Gasteiger partial charge in [-0.25, -0.2) is 8.42 Å². The molecule has 1 atom stereocenters. The summed E-state index contributed by atoms with van der Waals surface area (Å²) in [4.78, 5) is -0.771. The zero-order chi connectivity index (χ0) is 14.7. The molecular weight excluding hydrogens is 281 g/mol. The van der Waals surface area contributed by atoms with Crippen molar-refractivity contribution in [3.63, 3.8) is 0 Å². The Labute approximate surface area is 109 Å². The number of hydrogen-bond acceptors (Lipinski definition) is 4. The van der Waals surface area contributed by atoms with Crippen molar-refractivity contribution in [1.82, 2.24) is 0 Å². The Bertz CT molecular complexity index is 527. The van der Waals surface area contributed by atoms with Crippen molar-refractivity contribution in [2.45, 2.75) is 29.8 Å². The standard InChI is InChI=1S/C11H15F3N2O2S/c1-8(15)6-7-16-9-4-2-3-5-10(9)19(17,18)11(12,13)14/h2-5,8,16H,6-7,15H2,1H3. The molecule has 1 aromatic rings. The van der Waals surface area contributed by atoms with Gasteiger partial charge in [-0.05, 0) is 25.5 Å². The first kappa shape index (κ1) is 15.8. The molecule has 0 amide bonds. The molecule has 0 spiro atoms. The van der Waals surface area contributed by atoms with Crippen LogP contribution in [0.5, 0.6) is 0 Å². The van der Waals surface area contributed by atoms with Crippen molar-refractivity contribution in [2.75, 3.05) is 11.9 Å². The SMILES string of the molecule is CC(N)CCNc1ccccc1S(=O)(=O)C(F)(F)F. The number of nitrogens with two attached hydrogens (primary N) is 1. The molecule has 8 heteroatoms. The average molecular weight is 296 g/mol. The monoisotopic (exact) mass is 296 g/mol. The molecule has 0 radical (unpaired) electrons. The van der Waals surface area contributed by atoms with Crippen molar-refractivity contribution in [3.05, 3.63) is 24.3 Å². The van der Waals surface area contributed by atoms with E-state index in [2.05, 4.69) is 5.32 Å². The van der Waals surface area contributed by atoms with Crippen LogP contribution in [-0.4, -0.2) is 26.5 Å². The summed E-state index contributed by atoms with van der Waals surface area (Å²) in [6.07, 6.45) is 0.514. The maximum atomic E-state index is 12.5. The predicted octanol–water partition coefficient (Wildman–Crippen LogP) is 2.13. The van der Waals surface area contributed by atoms with E-state index in [9.17, 15) is 21.6 Å². The van der Waals surface area contributed by atoms with Gasteiger partial charge in [0.05, 0.1) is 10.6 Å². The van der Waals surface area contributed by atoms with Crippen LogP contribution in [0.4, 0.5) is 18.9 Å². The predicted molar refractivity (Wildman–Crippen MR) is 66.4 cm³/mol. The molecule has 0 aliphatic heterocycles. The molecule has 0 aromatic heterocycles. The van der Waals surface area contributed by atoms with E-state index in [-0.39, 0.29) is 11.7 Å². The van der Waals surface area contributed by atoms with Crippen LogP contribution in [0.25, 0.3) is 0 Å². The summed E-state index contributed by atoms with van der Waals surface area (Å²) in [5.41, 5.74) is 0.129. The van der Waals surface area contributed by atoms with Gasteiger partial charge < -0.3 is 11.1 Å². The van der Waals surface area contributed by atoms with Crippen LogP contribution in [0, 0.1) is 0 Å². The topological polar surface area (TPSA) is 72.2 Å². The van der Waals surface area contributed by atoms with Crippen LogP contribution in [-0.2, 0) is 9.84 Å². The number of nitrogens with one attached hydrogen (secondary N) is 1. The van der Waals surface area contributed by atoms with Gasteiger partial charge in [0.1, 0.15) is 0 Å². The molecule has 0 aliphatic rings. The number of rotatable bonds is 5. The largest absolute Gasteiger partial charge is 0.501 e. The maximum Gasteiger partial charge on any atom is 0.501 e. The van der Waals surface area contributed by atoms with E-state index in [4.69, 9.17) is 5.73 Å². The van der Waals surface area contributed by atoms with E-state index in [1.807, 2.05) is 0 Å². The lowest BCUT2D eigenvalue weighted by atomic mass is 10.2.